The van der Waals surface area contributed by atoms with Crippen LogP contribution in [-0.2, 0) is 6.42 Å². The highest BCUT2D eigenvalue weighted by Crippen LogP contribution is 2.29. The first-order chi connectivity index (χ1) is 11.5. The van der Waals surface area contributed by atoms with Crippen LogP contribution in [0.15, 0.2) is 53.0 Å². The van der Waals surface area contributed by atoms with Gasteiger partial charge in [0.15, 0.2) is 0 Å². The molecule has 122 valence electrons. The van der Waals surface area contributed by atoms with Crippen molar-refractivity contribution in [3.05, 3.63) is 69.8 Å². The number of benzene rings is 2. The van der Waals surface area contributed by atoms with Crippen molar-refractivity contribution in [2.24, 2.45) is 0 Å². The van der Waals surface area contributed by atoms with Crippen LogP contribution in [0.4, 0.5) is 0 Å². The molecule has 4 nitrogen and oxygen atoms in total. The standard InChI is InChI=1S/C19H17BrN2O2/c1-3-16-17(19(23)24)18(13-6-8-14(20)9-7-13)21-22(16)15-10-4-12(2)5-11-15/h4-11H,3H2,1-2H3,(H,23,24). The van der Waals surface area contributed by atoms with Crippen LogP contribution < -0.4 is 0 Å². The maximum atomic E-state index is 11.9. The first-order valence-electron chi connectivity index (χ1n) is 7.69. The Hall–Kier alpha value is -2.40. The van der Waals surface area contributed by atoms with E-state index in [1.54, 1.807) is 4.68 Å². The molecule has 0 aliphatic rings. The number of aromatic carboxylic acids is 1. The highest BCUT2D eigenvalue weighted by Gasteiger charge is 2.24. The summed E-state index contributed by atoms with van der Waals surface area (Å²) in [4.78, 5) is 11.9. The molecule has 0 fully saturated rings. The Kier molecular flexibility index (Phi) is 4.53. The second kappa shape index (κ2) is 6.61. The lowest BCUT2D eigenvalue weighted by molar-refractivity contribution is 0.0696. The molecule has 2 aromatic carbocycles. The lowest BCUT2D eigenvalue weighted by Crippen LogP contribution is -2.05. The molecule has 0 aliphatic carbocycles. The van der Waals surface area contributed by atoms with Crippen LogP contribution in [0.3, 0.4) is 0 Å². The molecule has 0 spiro atoms. The smallest absolute Gasteiger partial charge is 0.339 e. The quantitative estimate of drug-likeness (QED) is 0.697. The highest BCUT2D eigenvalue weighted by atomic mass is 79.9. The molecule has 0 aliphatic heterocycles. The first kappa shape index (κ1) is 16.5. The predicted molar refractivity (Wildman–Crippen MR) is 97.8 cm³/mol. The lowest BCUT2D eigenvalue weighted by atomic mass is 10.0. The monoisotopic (exact) mass is 384 g/mol. The second-order valence-electron chi connectivity index (χ2n) is 5.58. The second-order valence-corrected chi connectivity index (χ2v) is 6.50. The van der Waals surface area contributed by atoms with Crippen molar-refractivity contribution in [2.75, 3.05) is 0 Å². The molecular weight excluding hydrogens is 368 g/mol. The van der Waals surface area contributed by atoms with E-state index >= 15 is 0 Å². The van der Waals surface area contributed by atoms with Gasteiger partial charge in [0.25, 0.3) is 0 Å². The van der Waals surface area contributed by atoms with Gasteiger partial charge >= 0.3 is 5.97 Å². The number of aromatic nitrogens is 2. The minimum Gasteiger partial charge on any atom is -0.478 e. The molecule has 0 unspecified atom stereocenters. The normalized spacial score (nSPS) is 10.8. The molecule has 0 saturated heterocycles. The Balaban J connectivity index is 2.24. The summed E-state index contributed by atoms with van der Waals surface area (Å²) >= 11 is 3.40. The summed E-state index contributed by atoms with van der Waals surface area (Å²) in [5.41, 5.74) is 4.26. The molecule has 0 saturated carbocycles. The average Bonchev–Trinajstić information content (AvgIpc) is 2.96. The zero-order valence-electron chi connectivity index (χ0n) is 13.5. The van der Waals surface area contributed by atoms with E-state index in [-0.39, 0.29) is 5.56 Å². The van der Waals surface area contributed by atoms with E-state index in [0.29, 0.717) is 17.8 Å². The number of hydrogen-bond acceptors (Lipinski definition) is 2. The fourth-order valence-corrected chi connectivity index (χ4v) is 2.98. The van der Waals surface area contributed by atoms with Crippen LogP contribution >= 0.6 is 15.9 Å². The molecule has 1 heterocycles. The maximum absolute atomic E-state index is 11.9. The van der Waals surface area contributed by atoms with Crippen molar-refractivity contribution < 1.29 is 9.90 Å². The largest absolute Gasteiger partial charge is 0.478 e. The van der Waals surface area contributed by atoms with Gasteiger partial charge < -0.3 is 5.11 Å². The average molecular weight is 385 g/mol. The summed E-state index contributed by atoms with van der Waals surface area (Å²) in [7, 11) is 0. The van der Waals surface area contributed by atoms with Crippen LogP contribution in [0.5, 0.6) is 0 Å². The van der Waals surface area contributed by atoms with E-state index < -0.39 is 5.97 Å². The van der Waals surface area contributed by atoms with E-state index in [4.69, 9.17) is 0 Å². The minimum absolute atomic E-state index is 0.264. The van der Waals surface area contributed by atoms with Gasteiger partial charge in [-0.3, -0.25) is 0 Å². The van der Waals surface area contributed by atoms with Gasteiger partial charge in [-0.05, 0) is 37.6 Å². The van der Waals surface area contributed by atoms with Gasteiger partial charge in [0, 0.05) is 10.0 Å². The molecule has 3 rings (SSSR count). The van der Waals surface area contributed by atoms with Crippen molar-refractivity contribution in [1.29, 1.82) is 0 Å². The Morgan fingerprint density at radius 1 is 1.12 bits per heavy atom. The van der Waals surface area contributed by atoms with Gasteiger partial charge in [-0.25, -0.2) is 9.48 Å². The van der Waals surface area contributed by atoms with Gasteiger partial charge in [-0.2, -0.15) is 5.10 Å². The van der Waals surface area contributed by atoms with Crippen LogP contribution in [0.1, 0.15) is 28.5 Å². The Morgan fingerprint density at radius 2 is 1.75 bits per heavy atom. The van der Waals surface area contributed by atoms with Gasteiger partial charge in [0.1, 0.15) is 11.3 Å². The Morgan fingerprint density at radius 3 is 2.29 bits per heavy atom. The maximum Gasteiger partial charge on any atom is 0.339 e. The minimum atomic E-state index is -0.955. The molecule has 24 heavy (non-hydrogen) atoms. The van der Waals surface area contributed by atoms with Gasteiger partial charge in [-0.15, -0.1) is 0 Å². The molecule has 0 radical (unpaired) electrons. The number of hydrogen-bond donors (Lipinski definition) is 1. The summed E-state index contributed by atoms with van der Waals surface area (Å²) in [6, 6.07) is 15.4. The summed E-state index contributed by atoms with van der Waals surface area (Å²) in [6.07, 6.45) is 0.582. The number of nitrogens with zero attached hydrogens (tertiary/aromatic N) is 2. The summed E-state index contributed by atoms with van der Waals surface area (Å²) in [5, 5.41) is 14.4. The van der Waals surface area contributed by atoms with Gasteiger partial charge in [-0.1, -0.05) is 52.7 Å². The van der Waals surface area contributed by atoms with E-state index in [0.717, 1.165) is 21.3 Å². The van der Waals surface area contributed by atoms with Crippen LogP contribution in [0.25, 0.3) is 16.9 Å². The summed E-state index contributed by atoms with van der Waals surface area (Å²) in [6.45, 7) is 3.96. The number of aryl methyl sites for hydroxylation is 1. The number of halogens is 1. The zero-order valence-corrected chi connectivity index (χ0v) is 15.0. The summed E-state index contributed by atoms with van der Waals surface area (Å²) < 4.78 is 2.68. The Labute approximate surface area is 148 Å². The number of carbonyl (C=O) groups is 1. The topological polar surface area (TPSA) is 55.1 Å². The van der Waals surface area contributed by atoms with Crippen LogP contribution in [0.2, 0.25) is 0 Å². The van der Waals surface area contributed by atoms with E-state index in [1.165, 1.54) is 0 Å². The summed E-state index contributed by atoms with van der Waals surface area (Å²) in [5.74, 6) is -0.955. The Bertz CT molecular complexity index is 881. The number of carboxylic acids is 1. The molecular formula is C19H17BrN2O2. The fourth-order valence-electron chi connectivity index (χ4n) is 2.71. The molecule has 0 amide bonds. The highest BCUT2D eigenvalue weighted by molar-refractivity contribution is 9.10. The van der Waals surface area contributed by atoms with Crippen molar-refractivity contribution >= 4 is 21.9 Å². The lowest BCUT2D eigenvalue weighted by Gasteiger charge is -2.06. The fraction of sp³-hybridized carbons (Fsp3) is 0.158. The van der Waals surface area contributed by atoms with E-state index in [2.05, 4.69) is 21.0 Å². The molecule has 0 atom stereocenters. The third-order valence-electron chi connectivity index (χ3n) is 3.93. The van der Waals surface area contributed by atoms with Gasteiger partial charge in [0.2, 0.25) is 0 Å². The van der Waals surface area contributed by atoms with Crippen molar-refractivity contribution in [3.8, 4) is 16.9 Å². The van der Waals surface area contributed by atoms with Crippen molar-refractivity contribution in [3.63, 3.8) is 0 Å². The number of carboxylic acid groups (broad SMARTS) is 1. The van der Waals surface area contributed by atoms with Crippen molar-refractivity contribution in [2.45, 2.75) is 20.3 Å². The van der Waals surface area contributed by atoms with Gasteiger partial charge in [0.05, 0.1) is 11.4 Å². The van der Waals surface area contributed by atoms with E-state index in [1.807, 2.05) is 62.4 Å². The molecule has 5 heteroatoms. The molecule has 1 N–H and O–H groups in total. The van der Waals surface area contributed by atoms with Crippen molar-refractivity contribution in [1.82, 2.24) is 9.78 Å². The predicted octanol–water partition coefficient (Wildman–Crippen LogP) is 4.87. The number of rotatable bonds is 4. The first-order valence-corrected chi connectivity index (χ1v) is 8.48. The zero-order chi connectivity index (χ0) is 17.3. The molecule has 0 bridgehead atoms. The van der Waals surface area contributed by atoms with E-state index in [9.17, 15) is 9.90 Å². The molecule has 3 aromatic rings. The van der Waals surface area contributed by atoms with Crippen LogP contribution in [0, 0.1) is 6.92 Å². The molecule has 1 aromatic heterocycles. The third kappa shape index (κ3) is 2.99. The SMILES string of the molecule is CCc1c(C(=O)O)c(-c2ccc(Br)cc2)nn1-c1ccc(C)cc1. The van der Waals surface area contributed by atoms with Crippen LogP contribution in [-0.4, -0.2) is 20.9 Å². The third-order valence-corrected chi connectivity index (χ3v) is 4.45.